The van der Waals surface area contributed by atoms with Gasteiger partial charge in [-0.25, -0.2) is 27.2 Å². The van der Waals surface area contributed by atoms with Gasteiger partial charge in [0.1, 0.15) is 17.6 Å². The van der Waals surface area contributed by atoms with Crippen molar-refractivity contribution in [2.75, 3.05) is 0 Å². The summed E-state index contributed by atoms with van der Waals surface area (Å²) in [6, 6.07) is 2.26. The van der Waals surface area contributed by atoms with Crippen LogP contribution in [0.2, 0.25) is 0 Å². The maximum Gasteiger partial charge on any atom is 0.451 e. The molecule has 8 nitrogen and oxygen atoms in total. The summed E-state index contributed by atoms with van der Waals surface area (Å²) >= 11 is 0. The summed E-state index contributed by atoms with van der Waals surface area (Å²) in [6.07, 6.45) is -11.5. The van der Waals surface area contributed by atoms with Gasteiger partial charge in [0.25, 0.3) is 10.0 Å². The Hall–Kier alpha value is -3.99. The highest BCUT2D eigenvalue weighted by atomic mass is 32.2. The molecule has 0 aliphatic carbocycles. The number of Topliss-reactive ketones (excluding diaryl/α,β-unsaturated/α-hetero) is 1. The first-order valence-corrected chi connectivity index (χ1v) is 14.3. The number of hydrogen-bond acceptors (Lipinski definition) is 7. The molecule has 1 saturated heterocycles. The summed E-state index contributed by atoms with van der Waals surface area (Å²) in [4.78, 5) is 23.3. The molecule has 234 valence electrons. The molecule has 17 heteroatoms. The van der Waals surface area contributed by atoms with E-state index in [2.05, 4.69) is 15.0 Å². The van der Waals surface area contributed by atoms with Crippen LogP contribution < -0.4 is 0 Å². The van der Waals surface area contributed by atoms with Gasteiger partial charge in [0.2, 0.25) is 10.9 Å². The molecule has 0 radical (unpaired) electrons. The van der Waals surface area contributed by atoms with Crippen molar-refractivity contribution in [1.29, 1.82) is 0 Å². The molecule has 3 atom stereocenters. The van der Waals surface area contributed by atoms with Crippen LogP contribution in [0.4, 0.5) is 35.1 Å². The first kappa shape index (κ1) is 31.4. The normalized spacial score (nSPS) is 20.0. The minimum absolute atomic E-state index is 0.0168. The van der Waals surface area contributed by atoms with Gasteiger partial charge in [-0.2, -0.15) is 30.6 Å². The zero-order valence-corrected chi connectivity index (χ0v) is 23.1. The number of ketones is 1. The van der Waals surface area contributed by atoms with E-state index in [1.54, 1.807) is 0 Å². The topological polar surface area (TPSA) is 106 Å². The molecule has 1 aromatic carbocycles. The number of carbonyl (C=O) groups excluding carboxylic acids is 1. The number of furan rings is 1. The van der Waals surface area contributed by atoms with Crippen LogP contribution in [-0.2, 0) is 33.6 Å². The molecule has 0 N–H and O–H groups in total. The fourth-order valence-electron chi connectivity index (χ4n) is 4.99. The van der Waals surface area contributed by atoms with Crippen LogP contribution in [-0.4, -0.2) is 51.7 Å². The predicted molar refractivity (Wildman–Crippen MR) is 137 cm³/mol. The molecule has 0 bridgehead atoms. The number of aryl methyl sites for hydroxylation is 1. The number of nitrogens with zero attached hydrogens (tertiary/aromatic N) is 4. The van der Waals surface area contributed by atoms with E-state index in [1.807, 2.05) is 0 Å². The highest BCUT2D eigenvalue weighted by Gasteiger charge is 2.50. The Kier molecular flexibility index (Phi) is 7.99. The Morgan fingerprint density at radius 3 is 2.32 bits per heavy atom. The second kappa shape index (κ2) is 11.2. The van der Waals surface area contributed by atoms with Crippen LogP contribution >= 0.6 is 0 Å². The molecule has 4 aromatic rings. The number of carbonyl (C=O) groups is 1. The fraction of sp³-hybridized carbons (Fsp3) is 0.333. The van der Waals surface area contributed by atoms with E-state index in [0.29, 0.717) is 10.5 Å². The Morgan fingerprint density at radius 2 is 1.68 bits per heavy atom. The first-order valence-electron chi connectivity index (χ1n) is 12.8. The highest BCUT2D eigenvalue weighted by Crippen LogP contribution is 2.37. The molecule has 0 spiro atoms. The monoisotopic (exact) mass is 648 g/mol. The van der Waals surface area contributed by atoms with Crippen LogP contribution in [0.15, 0.2) is 58.4 Å². The van der Waals surface area contributed by atoms with Crippen LogP contribution in [0.5, 0.6) is 0 Å². The van der Waals surface area contributed by atoms with Crippen molar-refractivity contribution in [3.05, 3.63) is 71.7 Å². The molecule has 4 heterocycles. The number of halogens is 8. The van der Waals surface area contributed by atoms with Crippen LogP contribution in [0.3, 0.4) is 0 Å². The molecule has 0 saturated carbocycles. The lowest BCUT2D eigenvalue weighted by atomic mass is 9.98. The van der Waals surface area contributed by atoms with Gasteiger partial charge in [-0.1, -0.05) is 0 Å². The number of aromatic nitrogens is 3. The Morgan fingerprint density at radius 1 is 1.00 bits per heavy atom. The van der Waals surface area contributed by atoms with Gasteiger partial charge in [0.05, 0.1) is 23.3 Å². The molecule has 1 aliphatic rings. The van der Waals surface area contributed by atoms with Gasteiger partial charge in [0.15, 0.2) is 5.78 Å². The highest BCUT2D eigenvalue weighted by molar-refractivity contribution is 7.89. The number of pyridine rings is 1. The summed E-state index contributed by atoms with van der Waals surface area (Å²) in [5.41, 5.74) is -2.02. The van der Waals surface area contributed by atoms with Crippen molar-refractivity contribution in [3.63, 3.8) is 0 Å². The summed E-state index contributed by atoms with van der Waals surface area (Å²) in [5.74, 6) is -3.02. The van der Waals surface area contributed by atoms with E-state index in [1.165, 1.54) is 13.0 Å². The van der Waals surface area contributed by atoms with E-state index >= 15 is 0 Å². The number of hydrogen-bond donors (Lipinski definition) is 0. The molecular weight excluding hydrogens is 628 g/mol. The zero-order chi connectivity index (χ0) is 32.2. The summed E-state index contributed by atoms with van der Waals surface area (Å²) in [5, 5.41) is -0.574. The second-order valence-corrected chi connectivity index (χ2v) is 11.8. The van der Waals surface area contributed by atoms with Crippen molar-refractivity contribution < 1.29 is 52.8 Å². The van der Waals surface area contributed by atoms with Crippen LogP contribution in [0.1, 0.15) is 36.7 Å². The van der Waals surface area contributed by atoms with Gasteiger partial charge < -0.3 is 4.42 Å². The number of fused-ring (bicyclic) bond motifs is 1. The van der Waals surface area contributed by atoms with Crippen molar-refractivity contribution in [1.82, 2.24) is 19.3 Å². The smallest absolute Gasteiger partial charge is 0.443 e. The van der Waals surface area contributed by atoms with Crippen molar-refractivity contribution in [3.8, 4) is 11.3 Å². The third kappa shape index (κ3) is 6.02. The molecular formula is C27H20F8N4O4S. The molecule has 1 fully saturated rings. The lowest BCUT2D eigenvalue weighted by Gasteiger charge is -2.25. The Balaban J connectivity index is 1.42. The van der Waals surface area contributed by atoms with Crippen molar-refractivity contribution in [2.24, 2.45) is 0 Å². The van der Waals surface area contributed by atoms with Crippen molar-refractivity contribution in [2.45, 2.75) is 61.9 Å². The maximum absolute atomic E-state index is 14.8. The number of sulfonamides is 1. The standard InChI is InChI=1S/C27H20F8N4O4S/c1-13-19(29)9-21(39(13)44(41,42)24-8-15-6-17(28)3-5-23(15)43-24)22(40)4-2-14-7-20(36-12-18(14)26(30,31)32)16-10-37-25(38-11-16)27(33,34)35/h3,5-8,10-13,19,21H,2,4,9H2,1H3/t13-,19+,21-/m0/s1. The van der Waals surface area contributed by atoms with E-state index in [-0.39, 0.29) is 22.2 Å². The Labute approximate surface area is 243 Å². The van der Waals surface area contributed by atoms with Gasteiger partial charge in [-0.3, -0.25) is 9.78 Å². The van der Waals surface area contributed by atoms with Crippen molar-refractivity contribution >= 4 is 26.8 Å². The SMILES string of the molecule is C[C@H]1[C@H](F)C[C@@H](C(=O)CCc2cc(-c3cnc(C(F)(F)F)nc3)ncc2C(F)(F)F)N1S(=O)(=O)c1cc2cc(F)ccc2o1. The van der Waals surface area contributed by atoms with E-state index < -0.39 is 93.5 Å². The van der Waals surface area contributed by atoms with Gasteiger partial charge in [-0.05, 0) is 43.2 Å². The van der Waals surface area contributed by atoms with Gasteiger partial charge >= 0.3 is 12.4 Å². The lowest BCUT2D eigenvalue weighted by molar-refractivity contribution is -0.145. The van der Waals surface area contributed by atoms with Gasteiger partial charge in [-0.15, -0.1) is 0 Å². The Bertz CT molecular complexity index is 1820. The second-order valence-electron chi connectivity index (χ2n) is 10.1. The molecule has 0 amide bonds. The molecule has 1 aliphatic heterocycles. The number of alkyl halides is 7. The van der Waals surface area contributed by atoms with E-state index in [9.17, 15) is 48.3 Å². The van der Waals surface area contributed by atoms with Crippen LogP contribution in [0, 0.1) is 5.82 Å². The minimum Gasteiger partial charge on any atom is -0.443 e. The molecule has 0 unspecified atom stereocenters. The largest absolute Gasteiger partial charge is 0.451 e. The van der Waals surface area contributed by atoms with E-state index in [4.69, 9.17) is 4.42 Å². The summed E-state index contributed by atoms with van der Waals surface area (Å²) in [7, 11) is -4.66. The number of rotatable bonds is 7. The fourth-order valence-corrected chi connectivity index (χ4v) is 6.77. The molecule has 3 aromatic heterocycles. The third-order valence-corrected chi connectivity index (χ3v) is 9.03. The lowest BCUT2D eigenvalue weighted by Crippen LogP contribution is -2.44. The zero-order valence-electron chi connectivity index (χ0n) is 22.3. The van der Waals surface area contributed by atoms with E-state index in [0.717, 1.165) is 36.7 Å². The maximum atomic E-state index is 14.8. The first-order chi connectivity index (χ1) is 20.5. The summed E-state index contributed by atoms with van der Waals surface area (Å²) in [6.45, 7) is 1.22. The number of benzene rings is 1. The van der Waals surface area contributed by atoms with Crippen LogP contribution in [0.25, 0.3) is 22.2 Å². The predicted octanol–water partition coefficient (Wildman–Crippen LogP) is 6.15. The molecule has 5 rings (SSSR count). The average Bonchev–Trinajstić information content (AvgIpc) is 3.51. The quantitative estimate of drug-likeness (QED) is 0.221. The third-order valence-electron chi connectivity index (χ3n) is 7.18. The minimum atomic E-state index is -4.93. The average molecular weight is 649 g/mol. The molecule has 44 heavy (non-hydrogen) atoms. The van der Waals surface area contributed by atoms with Gasteiger partial charge in [0, 0.05) is 48.4 Å². The summed E-state index contributed by atoms with van der Waals surface area (Å²) < 4.78 is 141.